The maximum absolute atomic E-state index is 13.8. The molecule has 0 unspecified atom stereocenters. The average Bonchev–Trinajstić information content (AvgIpc) is 2.97. The topological polar surface area (TPSA) is 41.3 Å². The predicted octanol–water partition coefficient (Wildman–Crippen LogP) is 2.58. The number of halogens is 2. The van der Waals surface area contributed by atoms with Crippen LogP contribution in [0.3, 0.4) is 0 Å². The lowest BCUT2D eigenvalue weighted by atomic mass is 10.1. The highest BCUT2D eigenvalue weighted by molar-refractivity contribution is 6.30. The number of benzene rings is 1. The SMILES string of the molecule is Fc1ccc(Cl)cc1-c1cc(CCN2CCNCC2)no1. The molecule has 0 bridgehead atoms. The zero-order valence-corrected chi connectivity index (χ0v) is 12.4. The molecule has 0 spiro atoms. The van der Waals surface area contributed by atoms with E-state index in [1.807, 2.05) is 0 Å². The molecular formula is C15H17ClFN3O. The Kier molecular flexibility index (Phi) is 4.53. The first-order valence-electron chi connectivity index (χ1n) is 7.06. The van der Waals surface area contributed by atoms with Crippen LogP contribution in [0.2, 0.25) is 5.02 Å². The zero-order chi connectivity index (χ0) is 14.7. The van der Waals surface area contributed by atoms with E-state index >= 15 is 0 Å². The Morgan fingerprint density at radius 1 is 1.29 bits per heavy atom. The predicted molar refractivity (Wildman–Crippen MR) is 79.9 cm³/mol. The molecule has 0 radical (unpaired) electrons. The highest BCUT2D eigenvalue weighted by Gasteiger charge is 2.14. The first kappa shape index (κ1) is 14.5. The Bertz CT molecular complexity index is 611. The van der Waals surface area contributed by atoms with Crippen molar-refractivity contribution >= 4 is 11.6 Å². The van der Waals surface area contributed by atoms with Gasteiger partial charge in [-0.15, -0.1) is 0 Å². The Hall–Kier alpha value is -1.43. The third kappa shape index (κ3) is 3.61. The van der Waals surface area contributed by atoms with Crippen LogP contribution in [-0.4, -0.2) is 42.8 Å². The number of nitrogens with one attached hydrogen (secondary N) is 1. The van der Waals surface area contributed by atoms with Gasteiger partial charge in [-0.25, -0.2) is 4.39 Å². The van der Waals surface area contributed by atoms with Gasteiger partial charge in [-0.05, 0) is 18.2 Å². The van der Waals surface area contributed by atoms with Gasteiger partial charge in [-0.1, -0.05) is 16.8 Å². The van der Waals surface area contributed by atoms with Gasteiger partial charge >= 0.3 is 0 Å². The summed E-state index contributed by atoms with van der Waals surface area (Å²) in [4.78, 5) is 2.38. The van der Waals surface area contributed by atoms with E-state index in [9.17, 15) is 4.39 Å². The van der Waals surface area contributed by atoms with Crippen molar-refractivity contribution < 1.29 is 8.91 Å². The molecule has 112 valence electrons. The Morgan fingerprint density at radius 3 is 2.90 bits per heavy atom. The summed E-state index contributed by atoms with van der Waals surface area (Å²) in [5, 5.41) is 7.82. The Labute approximate surface area is 127 Å². The van der Waals surface area contributed by atoms with Crippen LogP contribution < -0.4 is 5.32 Å². The first-order chi connectivity index (χ1) is 10.2. The molecule has 1 aliphatic heterocycles. The molecule has 0 aliphatic carbocycles. The maximum Gasteiger partial charge on any atom is 0.170 e. The minimum Gasteiger partial charge on any atom is -0.356 e. The minimum atomic E-state index is -0.357. The lowest BCUT2D eigenvalue weighted by molar-refractivity contribution is 0.242. The second kappa shape index (κ2) is 6.56. The van der Waals surface area contributed by atoms with Crippen LogP contribution in [-0.2, 0) is 6.42 Å². The number of rotatable bonds is 4. The first-order valence-corrected chi connectivity index (χ1v) is 7.44. The quantitative estimate of drug-likeness (QED) is 0.942. The third-order valence-corrected chi connectivity index (χ3v) is 3.88. The van der Waals surface area contributed by atoms with Gasteiger partial charge < -0.3 is 14.7 Å². The molecule has 1 aromatic carbocycles. The minimum absolute atomic E-state index is 0.350. The molecule has 4 nitrogen and oxygen atoms in total. The van der Waals surface area contributed by atoms with E-state index in [4.69, 9.17) is 16.1 Å². The van der Waals surface area contributed by atoms with Gasteiger partial charge in [-0.3, -0.25) is 0 Å². The fourth-order valence-corrected chi connectivity index (χ4v) is 2.62. The Morgan fingerprint density at radius 2 is 2.10 bits per heavy atom. The van der Waals surface area contributed by atoms with Gasteiger partial charge in [0.2, 0.25) is 0 Å². The molecule has 0 atom stereocenters. The molecule has 1 aliphatic rings. The Balaban J connectivity index is 1.66. The standard InChI is InChI=1S/C15H17ClFN3O/c16-11-1-2-14(17)13(9-11)15-10-12(19-21-15)3-6-20-7-4-18-5-8-20/h1-2,9-10,18H,3-8H2. The monoisotopic (exact) mass is 309 g/mol. The van der Waals surface area contributed by atoms with Gasteiger partial charge in [0.25, 0.3) is 0 Å². The number of nitrogens with zero attached hydrogens (tertiary/aromatic N) is 2. The number of aromatic nitrogens is 1. The molecule has 0 amide bonds. The number of hydrogen-bond donors (Lipinski definition) is 1. The summed E-state index contributed by atoms with van der Waals surface area (Å²) < 4.78 is 19.0. The van der Waals surface area contributed by atoms with Crippen molar-refractivity contribution in [3.05, 3.63) is 40.8 Å². The number of piperazine rings is 1. The third-order valence-electron chi connectivity index (χ3n) is 3.65. The lowest BCUT2D eigenvalue weighted by Gasteiger charge is -2.26. The summed E-state index contributed by atoms with van der Waals surface area (Å²) in [5.41, 5.74) is 1.19. The van der Waals surface area contributed by atoms with Gasteiger partial charge in [-0.2, -0.15) is 0 Å². The molecule has 21 heavy (non-hydrogen) atoms. The summed E-state index contributed by atoms with van der Waals surface area (Å²) in [5.74, 6) is 0.0644. The highest BCUT2D eigenvalue weighted by atomic mass is 35.5. The molecule has 0 saturated carbocycles. The number of hydrogen-bond acceptors (Lipinski definition) is 4. The molecule has 2 heterocycles. The lowest BCUT2D eigenvalue weighted by Crippen LogP contribution is -2.44. The van der Waals surface area contributed by atoms with Gasteiger partial charge in [0.05, 0.1) is 11.3 Å². The van der Waals surface area contributed by atoms with Gasteiger partial charge in [0, 0.05) is 50.2 Å². The largest absolute Gasteiger partial charge is 0.356 e. The van der Waals surface area contributed by atoms with Crippen LogP contribution in [0.4, 0.5) is 4.39 Å². The zero-order valence-electron chi connectivity index (χ0n) is 11.6. The van der Waals surface area contributed by atoms with Crippen molar-refractivity contribution in [2.75, 3.05) is 32.7 Å². The molecule has 1 N–H and O–H groups in total. The van der Waals surface area contributed by atoms with Crippen molar-refractivity contribution in [1.29, 1.82) is 0 Å². The van der Waals surface area contributed by atoms with Gasteiger partial charge in [0.1, 0.15) is 5.82 Å². The van der Waals surface area contributed by atoms with Crippen molar-refractivity contribution in [2.24, 2.45) is 0 Å². The van der Waals surface area contributed by atoms with E-state index in [-0.39, 0.29) is 5.82 Å². The highest BCUT2D eigenvalue weighted by Crippen LogP contribution is 2.26. The summed E-state index contributed by atoms with van der Waals surface area (Å²) >= 11 is 5.89. The van der Waals surface area contributed by atoms with E-state index in [2.05, 4.69) is 15.4 Å². The van der Waals surface area contributed by atoms with Gasteiger partial charge in [0.15, 0.2) is 5.76 Å². The van der Waals surface area contributed by atoms with E-state index in [0.29, 0.717) is 16.3 Å². The van der Waals surface area contributed by atoms with Crippen molar-refractivity contribution in [1.82, 2.24) is 15.4 Å². The molecule has 3 rings (SSSR count). The molecule has 1 aromatic heterocycles. The summed E-state index contributed by atoms with van der Waals surface area (Å²) in [6, 6.07) is 6.19. The average molecular weight is 310 g/mol. The fourth-order valence-electron chi connectivity index (χ4n) is 2.45. The van der Waals surface area contributed by atoms with E-state index in [0.717, 1.165) is 44.8 Å². The van der Waals surface area contributed by atoms with E-state index < -0.39 is 0 Å². The van der Waals surface area contributed by atoms with Crippen LogP contribution in [0.15, 0.2) is 28.8 Å². The summed E-state index contributed by atoms with van der Waals surface area (Å²) in [6.07, 6.45) is 0.797. The molecule has 2 aromatic rings. The van der Waals surface area contributed by atoms with Crippen LogP contribution in [0.1, 0.15) is 5.69 Å². The van der Waals surface area contributed by atoms with E-state index in [1.54, 1.807) is 12.1 Å². The second-order valence-corrected chi connectivity index (χ2v) is 5.58. The van der Waals surface area contributed by atoms with Crippen molar-refractivity contribution in [3.8, 4) is 11.3 Å². The van der Waals surface area contributed by atoms with Crippen LogP contribution >= 0.6 is 11.6 Å². The van der Waals surface area contributed by atoms with Crippen LogP contribution in [0.5, 0.6) is 0 Å². The van der Waals surface area contributed by atoms with Crippen LogP contribution in [0.25, 0.3) is 11.3 Å². The molecule has 1 fully saturated rings. The van der Waals surface area contributed by atoms with Crippen molar-refractivity contribution in [3.63, 3.8) is 0 Å². The maximum atomic E-state index is 13.8. The fraction of sp³-hybridized carbons (Fsp3) is 0.400. The summed E-state index contributed by atoms with van der Waals surface area (Å²) in [7, 11) is 0. The molecular weight excluding hydrogens is 293 g/mol. The summed E-state index contributed by atoms with van der Waals surface area (Å²) in [6.45, 7) is 5.09. The molecule has 6 heteroatoms. The second-order valence-electron chi connectivity index (χ2n) is 5.15. The molecule has 1 saturated heterocycles. The van der Waals surface area contributed by atoms with Crippen LogP contribution in [0, 0.1) is 5.82 Å². The van der Waals surface area contributed by atoms with Crippen molar-refractivity contribution in [2.45, 2.75) is 6.42 Å². The normalized spacial score (nSPS) is 16.3. The smallest absolute Gasteiger partial charge is 0.170 e. The van der Waals surface area contributed by atoms with E-state index in [1.165, 1.54) is 12.1 Å².